The van der Waals surface area contributed by atoms with Crippen molar-refractivity contribution in [3.8, 4) is 12.3 Å². The second kappa shape index (κ2) is 4.96. The van der Waals surface area contributed by atoms with E-state index >= 15 is 0 Å². The van der Waals surface area contributed by atoms with Crippen molar-refractivity contribution in [2.75, 3.05) is 0 Å². The predicted octanol–water partition coefficient (Wildman–Crippen LogP) is 3.57. The standard InChI is InChI=1S/C20H18BFO2/c1-5-15-17(22)12-9-13-7-6-8-16(18(13)15)21-23-19(2,3)20(4,24-21)14-10-11-14/h1,6-10,12H,11H2,2-4H3. The number of rotatable bonds is 2. The Morgan fingerprint density at radius 2 is 1.92 bits per heavy atom. The van der Waals surface area contributed by atoms with E-state index in [4.69, 9.17) is 15.7 Å². The molecule has 0 amide bonds. The third kappa shape index (κ3) is 2.05. The molecule has 4 heteroatoms. The summed E-state index contributed by atoms with van der Waals surface area (Å²) in [5.41, 5.74) is 1.32. The molecule has 1 saturated heterocycles. The van der Waals surface area contributed by atoms with Crippen LogP contribution >= 0.6 is 0 Å². The molecule has 2 aliphatic rings. The van der Waals surface area contributed by atoms with Crippen LogP contribution in [-0.2, 0) is 9.31 Å². The molecule has 24 heavy (non-hydrogen) atoms. The molecule has 1 aliphatic carbocycles. The molecule has 2 nitrogen and oxygen atoms in total. The Hall–Kier alpha value is -2.09. The number of terminal acetylenes is 1. The van der Waals surface area contributed by atoms with Crippen LogP contribution in [-0.4, -0.2) is 18.3 Å². The lowest BCUT2D eigenvalue weighted by molar-refractivity contribution is 0.0227. The van der Waals surface area contributed by atoms with Gasteiger partial charge in [0.2, 0.25) is 0 Å². The van der Waals surface area contributed by atoms with Crippen molar-refractivity contribution in [2.45, 2.75) is 38.4 Å². The third-order valence-electron chi connectivity index (χ3n) is 5.34. The van der Waals surface area contributed by atoms with Crippen LogP contribution < -0.4 is 5.46 Å². The smallest absolute Gasteiger partial charge is 0.399 e. The van der Waals surface area contributed by atoms with Crippen LogP contribution in [0.25, 0.3) is 10.8 Å². The van der Waals surface area contributed by atoms with Gasteiger partial charge in [-0.3, -0.25) is 0 Å². The Kier molecular flexibility index (Phi) is 3.19. The van der Waals surface area contributed by atoms with E-state index in [0.29, 0.717) is 5.39 Å². The van der Waals surface area contributed by atoms with Crippen molar-refractivity contribution in [1.82, 2.24) is 0 Å². The Labute approximate surface area is 141 Å². The largest absolute Gasteiger partial charge is 0.495 e. The Bertz CT molecular complexity index is 925. The molecule has 4 rings (SSSR count). The number of benzene rings is 2. The van der Waals surface area contributed by atoms with Crippen LogP contribution in [0.3, 0.4) is 0 Å². The van der Waals surface area contributed by atoms with Crippen molar-refractivity contribution in [3.63, 3.8) is 0 Å². The molecule has 0 saturated carbocycles. The molecule has 0 N–H and O–H groups in total. The molecule has 1 fully saturated rings. The maximum atomic E-state index is 14.2. The Morgan fingerprint density at radius 1 is 1.17 bits per heavy atom. The Morgan fingerprint density at radius 3 is 2.58 bits per heavy atom. The number of halogens is 1. The monoisotopic (exact) mass is 320 g/mol. The highest BCUT2D eigenvalue weighted by Crippen LogP contribution is 2.48. The summed E-state index contributed by atoms with van der Waals surface area (Å²) >= 11 is 0. The van der Waals surface area contributed by atoms with Crippen LogP contribution in [0.5, 0.6) is 0 Å². The fraction of sp³-hybridized carbons (Fsp3) is 0.300. The van der Waals surface area contributed by atoms with Crippen molar-refractivity contribution in [1.29, 1.82) is 0 Å². The highest BCUT2D eigenvalue weighted by atomic mass is 19.1. The molecule has 0 bridgehead atoms. The van der Waals surface area contributed by atoms with Gasteiger partial charge in [-0.2, -0.15) is 0 Å². The summed E-state index contributed by atoms with van der Waals surface area (Å²) in [6, 6.07) is 8.87. The summed E-state index contributed by atoms with van der Waals surface area (Å²) in [6.45, 7) is 6.11. The molecule has 2 aromatic rings. The number of hydrogen-bond donors (Lipinski definition) is 0. The highest BCUT2D eigenvalue weighted by Gasteiger charge is 2.58. The van der Waals surface area contributed by atoms with E-state index in [1.54, 1.807) is 6.07 Å². The normalized spacial score (nSPS) is 24.8. The van der Waals surface area contributed by atoms with Crippen molar-refractivity contribution >= 4 is 23.4 Å². The summed E-state index contributed by atoms with van der Waals surface area (Å²) < 4.78 is 26.8. The van der Waals surface area contributed by atoms with E-state index in [9.17, 15) is 4.39 Å². The maximum absolute atomic E-state index is 14.2. The third-order valence-corrected chi connectivity index (χ3v) is 5.34. The Balaban J connectivity index is 1.88. The zero-order valence-corrected chi connectivity index (χ0v) is 14.0. The number of fused-ring (bicyclic) bond motifs is 1. The van der Waals surface area contributed by atoms with Gasteiger partial charge in [0.15, 0.2) is 0 Å². The average Bonchev–Trinajstić information content (AvgIpc) is 3.35. The summed E-state index contributed by atoms with van der Waals surface area (Å²) in [5.74, 6) is 2.08. The topological polar surface area (TPSA) is 18.5 Å². The zero-order valence-electron chi connectivity index (χ0n) is 14.0. The minimum atomic E-state index is -0.580. The highest BCUT2D eigenvalue weighted by molar-refractivity contribution is 6.65. The van der Waals surface area contributed by atoms with Gasteiger partial charge in [-0.25, -0.2) is 4.39 Å². The van der Waals surface area contributed by atoms with Crippen LogP contribution in [0, 0.1) is 18.2 Å². The first-order chi connectivity index (χ1) is 11.4. The fourth-order valence-electron chi connectivity index (χ4n) is 3.51. The van der Waals surface area contributed by atoms with E-state index in [2.05, 4.69) is 18.9 Å². The zero-order chi connectivity index (χ0) is 17.1. The minimum absolute atomic E-state index is 0.257. The van der Waals surface area contributed by atoms with Crippen molar-refractivity contribution in [3.05, 3.63) is 53.4 Å². The van der Waals surface area contributed by atoms with Gasteiger partial charge < -0.3 is 9.31 Å². The molecule has 1 atom stereocenters. The number of hydrogen-bond acceptors (Lipinski definition) is 2. The first-order valence-corrected chi connectivity index (χ1v) is 8.10. The van der Waals surface area contributed by atoms with Gasteiger partial charge in [-0.1, -0.05) is 36.3 Å². The SMILES string of the molecule is C#Cc1c(F)ccc2cccc(B3OC(C)(C)C(C)(C4=CC4)O3)c12. The van der Waals surface area contributed by atoms with Gasteiger partial charge in [0.05, 0.1) is 16.8 Å². The van der Waals surface area contributed by atoms with Crippen molar-refractivity contribution in [2.24, 2.45) is 0 Å². The fourth-order valence-corrected chi connectivity index (χ4v) is 3.51. The summed E-state index contributed by atoms with van der Waals surface area (Å²) in [7, 11) is -0.580. The lowest BCUT2D eigenvalue weighted by atomic mass is 9.75. The molecular formula is C20H18BFO2. The van der Waals surface area contributed by atoms with Gasteiger partial charge in [0, 0.05) is 5.39 Å². The molecule has 0 aromatic heterocycles. The first-order valence-electron chi connectivity index (χ1n) is 8.10. The van der Waals surface area contributed by atoms with Gasteiger partial charge in [-0.05, 0) is 49.7 Å². The molecule has 120 valence electrons. The molecule has 0 radical (unpaired) electrons. The van der Waals surface area contributed by atoms with Crippen LogP contribution in [0.2, 0.25) is 0 Å². The van der Waals surface area contributed by atoms with Gasteiger partial charge >= 0.3 is 7.12 Å². The molecule has 2 aromatic carbocycles. The number of allylic oxidation sites excluding steroid dienone is 1. The summed E-state index contributed by atoms with van der Waals surface area (Å²) in [4.78, 5) is 0. The summed E-state index contributed by atoms with van der Waals surface area (Å²) in [5, 5.41) is 1.57. The molecular weight excluding hydrogens is 302 g/mol. The second-order valence-electron chi connectivity index (χ2n) is 7.06. The molecule has 1 aliphatic heterocycles. The molecule has 1 unspecified atom stereocenters. The maximum Gasteiger partial charge on any atom is 0.495 e. The van der Waals surface area contributed by atoms with E-state index in [1.165, 1.54) is 11.6 Å². The van der Waals surface area contributed by atoms with Crippen LogP contribution in [0.15, 0.2) is 42.0 Å². The van der Waals surface area contributed by atoms with E-state index < -0.39 is 24.1 Å². The second-order valence-corrected chi connectivity index (χ2v) is 7.06. The van der Waals surface area contributed by atoms with Crippen LogP contribution in [0.1, 0.15) is 32.8 Å². The van der Waals surface area contributed by atoms with Crippen molar-refractivity contribution < 1.29 is 13.7 Å². The van der Waals surface area contributed by atoms with E-state index in [0.717, 1.165) is 17.3 Å². The van der Waals surface area contributed by atoms with E-state index in [-0.39, 0.29) is 5.56 Å². The van der Waals surface area contributed by atoms with E-state index in [1.807, 2.05) is 32.0 Å². The minimum Gasteiger partial charge on any atom is -0.399 e. The van der Waals surface area contributed by atoms with Gasteiger partial charge in [0.25, 0.3) is 0 Å². The van der Waals surface area contributed by atoms with Crippen LogP contribution in [0.4, 0.5) is 4.39 Å². The lowest BCUT2D eigenvalue weighted by Crippen LogP contribution is -2.44. The van der Waals surface area contributed by atoms with Gasteiger partial charge in [0.1, 0.15) is 5.82 Å². The average molecular weight is 320 g/mol. The quantitative estimate of drug-likeness (QED) is 0.478. The first kappa shape index (κ1) is 15.4. The predicted molar refractivity (Wildman–Crippen MR) is 94.6 cm³/mol. The van der Waals surface area contributed by atoms with Gasteiger partial charge in [-0.15, -0.1) is 6.42 Å². The summed E-state index contributed by atoms with van der Waals surface area (Å²) in [6.07, 6.45) is 8.68. The lowest BCUT2D eigenvalue weighted by Gasteiger charge is -2.34. The molecule has 0 spiro atoms. The molecule has 1 heterocycles.